The van der Waals surface area contributed by atoms with Crippen LogP contribution >= 0.6 is 11.6 Å². The zero-order chi connectivity index (χ0) is 19.7. The number of ether oxygens (including phenoxy) is 1. The van der Waals surface area contributed by atoms with Crippen LogP contribution in [-0.4, -0.2) is 53.2 Å². The average Bonchev–Trinajstić information content (AvgIpc) is 2.95. The highest BCUT2D eigenvalue weighted by molar-refractivity contribution is 6.30. The van der Waals surface area contributed by atoms with Crippen molar-refractivity contribution in [2.24, 2.45) is 5.92 Å². The van der Waals surface area contributed by atoms with E-state index in [0.717, 1.165) is 12.1 Å². The highest BCUT2D eigenvalue weighted by Crippen LogP contribution is 2.28. The fourth-order valence-corrected chi connectivity index (χ4v) is 2.83. The Morgan fingerprint density at radius 3 is 2.74 bits per heavy atom. The fourth-order valence-electron chi connectivity index (χ4n) is 2.66. The lowest BCUT2D eigenvalue weighted by molar-refractivity contribution is -0.141. The smallest absolute Gasteiger partial charge is 0.339 e. The van der Waals surface area contributed by atoms with E-state index < -0.39 is 29.5 Å². The normalized spacial score (nSPS) is 16.3. The zero-order valence-electron chi connectivity index (χ0n) is 14.0. The molecule has 140 valence electrons. The summed E-state index contributed by atoms with van der Waals surface area (Å²) < 4.78 is 18.7. The maximum atomic E-state index is 14.0. The first-order chi connectivity index (χ1) is 12.8. The molecule has 8 nitrogen and oxygen atoms in total. The first kappa shape index (κ1) is 18.7. The van der Waals surface area contributed by atoms with Crippen molar-refractivity contribution in [2.75, 3.05) is 25.1 Å². The molecular formula is C17H13ClFN3O5. The van der Waals surface area contributed by atoms with Crippen molar-refractivity contribution < 1.29 is 28.6 Å². The Kier molecular flexibility index (Phi) is 5.04. The van der Waals surface area contributed by atoms with Gasteiger partial charge in [0.15, 0.2) is 18.2 Å². The van der Waals surface area contributed by atoms with E-state index in [1.54, 1.807) is 0 Å². The van der Waals surface area contributed by atoms with E-state index in [2.05, 4.69) is 14.9 Å². The Morgan fingerprint density at radius 2 is 2.11 bits per heavy atom. The Bertz CT molecular complexity index is 936. The van der Waals surface area contributed by atoms with Gasteiger partial charge >= 0.3 is 11.9 Å². The molecule has 1 atom stereocenters. The van der Waals surface area contributed by atoms with Gasteiger partial charge in [0.05, 0.1) is 5.69 Å². The minimum absolute atomic E-state index is 0.00116. The maximum Gasteiger partial charge on any atom is 0.339 e. The number of esters is 1. The quantitative estimate of drug-likeness (QED) is 0.605. The number of rotatable bonds is 5. The van der Waals surface area contributed by atoms with Crippen LogP contribution in [0.2, 0.25) is 5.02 Å². The van der Waals surface area contributed by atoms with Crippen molar-refractivity contribution >= 4 is 35.1 Å². The van der Waals surface area contributed by atoms with Gasteiger partial charge in [0, 0.05) is 24.2 Å². The number of benzene rings is 1. The lowest BCUT2D eigenvalue weighted by atomic mass is 10.1. The minimum Gasteiger partial charge on any atom is -0.478 e. The first-order valence-electron chi connectivity index (χ1n) is 7.75. The molecule has 2 aromatic rings. The third kappa shape index (κ3) is 3.72. The molecule has 1 aromatic heterocycles. The number of hydrogen-bond acceptors (Lipinski definition) is 7. The standard InChI is InChI=1S/C17H13ClFN3O5/c1-22(6-11-14(23)7-27-17(11)26)15-10(16(24)25)5-13(20-21-15)9-4-8(18)2-3-12(9)19/h2-5,11H,6-7H2,1H3,(H,24,25). The van der Waals surface area contributed by atoms with E-state index in [1.807, 2.05) is 0 Å². The molecule has 0 bridgehead atoms. The lowest BCUT2D eigenvalue weighted by Crippen LogP contribution is -2.33. The first-order valence-corrected chi connectivity index (χ1v) is 8.12. The molecule has 1 saturated heterocycles. The summed E-state index contributed by atoms with van der Waals surface area (Å²) in [4.78, 5) is 36.3. The van der Waals surface area contributed by atoms with E-state index >= 15 is 0 Å². The van der Waals surface area contributed by atoms with E-state index in [4.69, 9.17) is 11.6 Å². The minimum atomic E-state index is -1.32. The summed E-state index contributed by atoms with van der Waals surface area (Å²) in [6, 6.07) is 4.96. The van der Waals surface area contributed by atoms with Gasteiger partial charge in [0.25, 0.3) is 0 Å². The number of carbonyl (C=O) groups is 3. The highest BCUT2D eigenvalue weighted by atomic mass is 35.5. The summed E-state index contributed by atoms with van der Waals surface area (Å²) in [5, 5.41) is 17.5. The van der Waals surface area contributed by atoms with E-state index in [-0.39, 0.29) is 40.8 Å². The van der Waals surface area contributed by atoms with Crippen molar-refractivity contribution in [1.82, 2.24) is 10.2 Å². The van der Waals surface area contributed by atoms with E-state index in [1.165, 1.54) is 24.1 Å². The lowest BCUT2D eigenvalue weighted by Gasteiger charge is -2.21. The molecule has 0 saturated carbocycles. The molecule has 1 aromatic carbocycles. The Labute approximate surface area is 157 Å². The number of carboxylic acid groups (broad SMARTS) is 1. The third-order valence-electron chi connectivity index (χ3n) is 4.06. The van der Waals surface area contributed by atoms with Gasteiger partial charge in [-0.2, -0.15) is 0 Å². The predicted molar refractivity (Wildman–Crippen MR) is 92.1 cm³/mol. The molecule has 1 unspecified atom stereocenters. The number of aromatic carboxylic acids is 1. The van der Waals surface area contributed by atoms with Gasteiger partial charge in [-0.3, -0.25) is 9.59 Å². The molecule has 0 spiro atoms. The third-order valence-corrected chi connectivity index (χ3v) is 4.29. The fraction of sp³-hybridized carbons (Fsp3) is 0.235. The summed E-state index contributed by atoms with van der Waals surface area (Å²) in [6.07, 6.45) is 0. The van der Waals surface area contributed by atoms with Gasteiger partial charge in [-0.1, -0.05) is 11.6 Å². The van der Waals surface area contributed by atoms with Gasteiger partial charge in [-0.25, -0.2) is 9.18 Å². The van der Waals surface area contributed by atoms with Crippen molar-refractivity contribution in [1.29, 1.82) is 0 Å². The van der Waals surface area contributed by atoms with Crippen LogP contribution in [0.3, 0.4) is 0 Å². The summed E-state index contributed by atoms with van der Waals surface area (Å²) in [5.41, 5.74) is -0.275. The number of hydrogen-bond donors (Lipinski definition) is 1. The number of carbonyl (C=O) groups excluding carboxylic acids is 2. The highest BCUT2D eigenvalue weighted by Gasteiger charge is 2.36. The Hall–Kier alpha value is -3.07. The molecule has 0 amide bonds. The SMILES string of the molecule is CN(CC1C(=O)COC1=O)c1nnc(-c2cc(Cl)ccc2F)cc1C(=O)O. The van der Waals surface area contributed by atoms with Crippen molar-refractivity contribution in [3.8, 4) is 11.3 Å². The second-order valence-corrected chi connectivity index (χ2v) is 6.34. The number of Topliss-reactive ketones (excluding diaryl/α,β-unsaturated/α-hetero) is 1. The molecule has 3 rings (SSSR count). The molecule has 10 heteroatoms. The van der Waals surface area contributed by atoms with Crippen LogP contribution in [0.25, 0.3) is 11.3 Å². The van der Waals surface area contributed by atoms with Gasteiger partial charge < -0.3 is 14.7 Å². The summed E-state index contributed by atoms with van der Waals surface area (Å²) in [5.74, 6) is -4.12. The van der Waals surface area contributed by atoms with Crippen LogP contribution in [0.4, 0.5) is 10.2 Å². The number of nitrogens with zero attached hydrogens (tertiary/aromatic N) is 3. The van der Waals surface area contributed by atoms with E-state index in [0.29, 0.717) is 0 Å². The zero-order valence-corrected chi connectivity index (χ0v) is 14.7. The number of anilines is 1. The second-order valence-electron chi connectivity index (χ2n) is 5.90. The van der Waals surface area contributed by atoms with Crippen molar-refractivity contribution in [2.45, 2.75) is 0 Å². The van der Waals surface area contributed by atoms with Crippen LogP contribution in [0.1, 0.15) is 10.4 Å². The van der Waals surface area contributed by atoms with Crippen LogP contribution in [-0.2, 0) is 14.3 Å². The van der Waals surface area contributed by atoms with Crippen LogP contribution in [0, 0.1) is 11.7 Å². The number of aromatic nitrogens is 2. The number of carboxylic acids is 1. The van der Waals surface area contributed by atoms with Gasteiger partial charge in [-0.15, -0.1) is 10.2 Å². The Balaban J connectivity index is 1.97. The van der Waals surface area contributed by atoms with Gasteiger partial charge in [-0.05, 0) is 24.3 Å². The molecule has 1 aliphatic heterocycles. The molecule has 1 aliphatic rings. The van der Waals surface area contributed by atoms with Gasteiger partial charge in [0.2, 0.25) is 0 Å². The molecule has 2 heterocycles. The number of ketones is 1. The van der Waals surface area contributed by atoms with Crippen molar-refractivity contribution in [3.63, 3.8) is 0 Å². The molecular weight excluding hydrogens is 381 g/mol. The molecule has 0 aliphatic carbocycles. The largest absolute Gasteiger partial charge is 0.478 e. The topological polar surface area (TPSA) is 110 Å². The second kappa shape index (κ2) is 7.28. The van der Waals surface area contributed by atoms with Crippen LogP contribution in [0.5, 0.6) is 0 Å². The average molecular weight is 394 g/mol. The molecule has 27 heavy (non-hydrogen) atoms. The Morgan fingerprint density at radius 1 is 1.37 bits per heavy atom. The van der Waals surface area contributed by atoms with Crippen LogP contribution < -0.4 is 4.90 Å². The summed E-state index contributed by atoms with van der Waals surface area (Å²) >= 11 is 5.86. The van der Waals surface area contributed by atoms with Gasteiger partial charge in [0.1, 0.15) is 17.3 Å². The maximum absolute atomic E-state index is 14.0. The van der Waals surface area contributed by atoms with E-state index in [9.17, 15) is 23.9 Å². The summed E-state index contributed by atoms with van der Waals surface area (Å²) in [6.45, 7) is -0.417. The predicted octanol–water partition coefficient (Wildman–Crippen LogP) is 1.81. The van der Waals surface area contributed by atoms with Crippen molar-refractivity contribution in [3.05, 3.63) is 40.7 Å². The molecule has 0 radical (unpaired) electrons. The molecule has 1 N–H and O–H groups in total. The van der Waals surface area contributed by atoms with Crippen LogP contribution in [0.15, 0.2) is 24.3 Å². The summed E-state index contributed by atoms with van der Waals surface area (Å²) in [7, 11) is 1.47. The number of cyclic esters (lactones) is 1. The number of halogens is 2. The molecule has 1 fully saturated rings. The monoisotopic (exact) mass is 393 g/mol.